The van der Waals surface area contributed by atoms with Gasteiger partial charge in [-0.3, -0.25) is 4.90 Å². The molecule has 2 aromatic rings. The number of unbranched alkanes of at least 4 members (excludes halogenated alkanes) is 2. The zero-order valence-corrected chi connectivity index (χ0v) is 22.9. The second kappa shape index (κ2) is 11.0. The first-order valence-electron chi connectivity index (χ1n) is 12.5. The van der Waals surface area contributed by atoms with Crippen LogP contribution in [0.3, 0.4) is 0 Å². The second-order valence-corrected chi connectivity index (χ2v) is 11.6. The molecule has 0 radical (unpaired) electrons. The number of rotatable bonds is 8. The van der Waals surface area contributed by atoms with Crippen molar-refractivity contribution in [3.05, 3.63) is 69.7 Å². The van der Waals surface area contributed by atoms with E-state index in [0.717, 1.165) is 18.5 Å². The van der Waals surface area contributed by atoms with Crippen LogP contribution in [0.2, 0.25) is 10.0 Å². The van der Waals surface area contributed by atoms with Crippen LogP contribution in [-0.4, -0.2) is 17.5 Å². The maximum atomic E-state index is 6.37. The minimum Gasteiger partial charge on any atom is -0.293 e. The number of hydrogen-bond acceptors (Lipinski definition) is 1. The Labute approximate surface area is 212 Å². The van der Waals surface area contributed by atoms with Crippen molar-refractivity contribution in [3.63, 3.8) is 0 Å². The highest BCUT2D eigenvalue weighted by Gasteiger charge is 2.45. The van der Waals surface area contributed by atoms with E-state index in [1.54, 1.807) is 0 Å². The van der Waals surface area contributed by atoms with Crippen molar-refractivity contribution in [2.24, 2.45) is 11.3 Å². The Morgan fingerprint density at radius 2 is 1.85 bits per heavy atom. The number of nitrogens with zero attached hydrogens (tertiary/aromatic N) is 1. The third-order valence-electron chi connectivity index (χ3n) is 7.90. The van der Waals surface area contributed by atoms with Gasteiger partial charge in [0.1, 0.15) is 0 Å². The van der Waals surface area contributed by atoms with Crippen LogP contribution < -0.4 is 0 Å². The fourth-order valence-corrected chi connectivity index (χ4v) is 5.94. The van der Waals surface area contributed by atoms with Crippen molar-refractivity contribution < 1.29 is 0 Å². The van der Waals surface area contributed by atoms with Crippen LogP contribution in [0.15, 0.2) is 48.6 Å². The van der Waals surface area contributed by atoms with Crippen molar-refractivity contribution in [1.82, 2.24) is 4.90 Å². The van der Waals surface area contributed by atoms with Crippen LogP contribution >= 0.6 is 23.2 Å². The first-order chi connectivity index (χ1) is 15.6. The zero-order chi connectivity index (χ0) is 24.3. The first kappa shape index (κ1) is 26.3. The third-order valence-corrected chi connectivity index (χ3v) is 8.64. The van der Waals surface area contributed by atoms with Crippen LogP contribution in [0.5, 0.6) is 0 Å². The van der Waals surface area contributed by atoms with E-state index in [0.29, 0.717) is 28.0 Å². The van der Waals surface area contributed by atoms with E-state index in [4.69, 9.17) is 23.2 Å². The monoisotopic (exact) mass is 485 g/mol. The SMILES string of the molecule is C=C(C)CC1C(C)C(C)(C)CC(c2cccc(-c3ccc(Cl)c(Cl)c3)c2C)N1CCCCC. The number of benzene rings is 2. The van der Waals surface area contributed by atoms with Gasteiger partial charge in [0, 0.05) is 12.1 Å². The number of likely N-dealkylation sites (tertiary alicyclic amines) is 1. The molecule has 0 saturated carbocycles. The van der Waals surface area contributed by atoms with E-state index >= 15 is 0 Å². The molecule has 0 spiro atoms. The summed E-state index contributed by atoms with van der Waals surface area (Å²) in [6.45, 7) is 19.6. The Kier molecular flexibility index (Phi) is 8.76. The molecule has 1 fully saturated rings. The molecule has 0 N–H and O–H groups in total. The maximum absolute atomic E-state index is 6.37. The van der Waals surface area contributed by atoms with Crippen molar-refractivity contribution in [2.75, 3.05) is 6.54 Å². The predicted octanol–water partition coefficient (Wildman–Crippen LogP) is 9.90. The molecule has 3 unspecified atom stereocenters. The minimum atomic E-state index is 0.262. The average molecular weight is 487 g/mol. The van der Waals surface area contributed by atoms with E-state index in [1.807, 2.05) is 12.1 Å². The summed E-state index contributed by atoms with van der Waals surface area (Å²) in [5.74, 6) is 0.616. The van der Waals surface area contributed by atoms with Gasteiger partial charge in [-0.05, 0) is 85.4 Å². The van der Waals surface area contributed by atoms with Crippen molar-refractivity contribution in [2.45, 2.75) is 85.7 Å². The minimum absolute atomic E-state index is 0.262. The Hall–Kier alpha value is -1.28. The van der Waals surface area contributed by atoms with Gasteiger partial charge >= 0.3 is 0 Å². The van der Waals surface area contributed by atoms with E-state index in [-0.39, 0.29) is 5.41 Å². The summed E-state index contributed by atoms with van der Waals surface area (Å²) in [5, 5.41) is 1.20. The van der Waals surface area contributed by atoms with Gasteiger partial charge in [-0.1, -0.05) is 93.6 Å². The summed E-state index contributed by atoms with van der Waals surface area (Å²) in [7, 11) is 0. The van der Waals surface area contributed by atoms with Crippen LogP contribution in [0.4, 0.5) is 0 Å². The van der Waals surface area contributed by atoms with E-state index in [2.05, 4.69) is 77.3 Å². The first-order valence-corrected chi connectivity index (χ1v) is 13.3. The van der Waals surface area contributed by atoms with Crippen LogP contribution in [0.1, 0.15) is 83.9 Å². The summed E-state index contributed by atoms with van der Waals surface area (Å²) in [6, 6.07) is 13.7. The molecule has 1 aliphatic heterocycles. The molecule has 3 heteroatoms. The lowest BCUT2D eigenvalue weighted by Gasteiger charge is -2.54. The molecule has 0 aromatic heterocycles. The third kappa shape index (κ3) is 5.87. The lowest BCUT2D eigenvalue weighted by atomic mass is 9.65. The summed E-state index contributed by atoms with van der Waals surface area (Å²) in [6.07, 6.45) is 6.01. The fourth-order valence-electron chi connectivity index (χ4n) is 5.64. The van der Waals surface area contributed by atoms with Crippen LogP contribution in [0.25, 0.3) is 11.1 Å². The molecule has 1 heterocycles. The molecule has 3 rings (SSSR count). The Balaban J connectivity index is 2.08. The van der Waals surface area contributed by atoms with Gasteiger partial charge in [-0.2, -0.15) is 0 Å². The Bertz CT molecular complexity index is 977. The normalized spacial score (nSPS) is 23.0. The molecule has 1 aliphatic rings. The predicted molar refractivity (Wildman–Crippen MR) is 146 cm³/mol. The number of hydrogen-bond donors (Lipinski definition) is 0. The van der Waals surface area contributed by atoms with Gasteiger partial charge in [-0.25, -0.2) is 0 Å². The molecular weight excluding hydrogens is 445 g/mol. The quantitative estimate of drug-likeness (QED) is 0.265. The molecule has 1 nitrogen and oxygen atoms in total. The molecular formula is C30H41Cl2N. The van der Waals surface area contributed by atoms with E-state index in [1.165, 1.54) is 47.9 Å². The number of piperidine rings is 1. The zero-order valence-electron chi connectivity index (χ0n) is 21.3. The molecule has 1 saturated heterocycles. The lowest BCUT2D eigenvalue weighted by Crippen LogP contribution is -2.53. The molecule has 3 atom stereocenters. The van der Waals surface area contributed by atoms with E-state index in [9.17, 15) is 0 Å². The summed E-state index contributed by atoms with van der Waals surface area (Å²) < 4.78 is 0. The maximum Gasteiger partial charge on any atom is 0.0598 e. The van der Waals surface area contributed by atoms with Gasteiger partial charge in [0.05, 0.1) is 10.0 Å². The van der Waals surface area contributed by atoms with Crippen molar-refractivity contribution in [1.29, 1.82) is 0 Å². The van der Waals surface area contributed by atoms with Crippen LogP contribution in [0, 0.1) is 18.3 Å². The lowest BCUT2D eigenvalue weighted by molar-refractivity contribution is -0.0347. The topological polar surface area (TPSA) is 3.24 Å². The highest BCUT2D eigenvalue weighted by Crippen LogP contribution is 2.50. The van der Waals surface area contributed by atoms with Gasteiger partial charge in [0.15, 0.2) is 0 Å². The van der Waals surface area contributed by atoms with Gasteiger partial charge in [0.2, 0.25) is 0 Å². The van der Waals surface area contributed by atoms with Gasteiger partial charge in [0.25, 0.3) is 0 Å². The van der Waals surface area contributed by atoms with Crippen molar-refractivity contribution >= 4 is 23.2 Å². The van der Waals surface area contributed by atoms with Gasteiger partial charge < -0.3 is 0 Å². The van der Waals surface area contributed by atoms with Gasteiger partial charge in [-0.15, -0.1) is 6.58 Å². The highest BCUT2D eigenvalue weighted by molar-refractivity contribution is 6.42. The molecule has 0 bridgehead atoms. The largest absolute Gasteiger partial charge is 0.293 e. The van der Waals surface area contributed by atoms with Crippen LogP contribution in [-0.2, 0) is 0 Å². The summed E-state index contributed by atoms with van der Waals surface area (Å²) in [5.41, 5.74) is 6.71. The van der Waals surface area contributed by atoms with Crippen molar-refractivity contribution in [3.8, 4) is 11.1 Å². The summed E-state index contributed by atoms with van der Waals surface area (Å²) in [4.78, 5) is 2.82. The molecule has 0 aliphatic carbocycles. The molecule has 2 aromatic carbocycles. The molecule has 180 valence electrons. The summed E-state index contributed by atoms with van der Waals surface area (Å²) >= 11 is 12.6. The Morgan fingerprint density at radius 3 is 2.48 bits per heavy atom. The highest BCUT2D eigenvalue weighted by atomic mass is 35.5. The Morgan fingerprint density at radius 1 is 1.12 bits per heavy atom. The molecule has 33 heavy (non-hydrogen) atoms. The second-order valence-electron chi connectivity index (χ2n) is 10.8. The number of halogens is 2. The molecule has 0 amide bonds. The average Bonchev–Trinajstić information content (AvgIpc) is 2.75. The fraction of sp³-hybridized carbons (Fsp3) is 0.533. The standard InChI is InChI=1S/C30H41Cl2N/c1-8-9-10-16-33-28(17-20(2)3)22(5)30(6,7)19-29(33)25-13-11-12-24(21(25)4)23-14-15-26(31)27(32)18-23/h11-15,18,22,28-29H,2,8-10,16-17,19H2,1,3-7H3. The van der Waals surface area contributed by atoms with E-state index < -0.39 is 0 Å². The smallest absolute Gasteiger partial charge is 0.0598 e.